The predicted octanol–water partition coefficient (Wildman–Crippen LogP) is 3.55. The van der Waals surface area contributed by atoms with Crippen molar-refractivity contribution >= 4 is 17.7 Å². The zero-order chi connectivity index (χ0) is 19.6. The van der Waals surface area contributed by atoms with Crippen molar-refractivity contribution < 1.29 is 28.5 Å². The number of ether oxygens (including phenoxy) is 4. The van der Waals surface area contributed by atoms with Crippen LogP contribution in [0.15, 0.2) is 18.2 Å². The van der Waals surface area contributed by atoms with Gasteiger partial charge in [-0.2, -0.15) is 0 Å². The third kappa shape index (κ3) is 8.71. The molecule has 0 radical (unpaired) electrons. The van der Waals surface area contributed by atoms with Gasteiger partial charge in [-0.05, 0) is 45.7 Å². The molecule has 146 valence electrons. The molecule has 0 atom stereocenters. The maximum atomic E-state index is 12.1. The van der Waals surface area contributed by atoms with Crippen LogP contribution in [0.25, 0.3) is 0 Å². The summed E-state index contributed by atoms with van der Waals surface area (Å²) >= 11 is 0. The Morgan fingerprint density at radius 3 is 2.50 bits per heavy atom. The normalized spacial score (nSPS) is 11.0. The number of amides is 1. The number of hydrogen-bond acceptors (Lipinski definition) is 6. The van der Waals surface area contributed by atoms with Gasteiger partial charge < -0.3 is 18.9 Å². The average Bonchev–Trinajstić information content (AvgIpc) is 2.56. The van der Waals surface area contributed by atoms with Crippen LogP contribution in [0.3, 0.4) is 0 Å². The highest BCUT2D eigenvalue weighted by atomic mass is 16.6. The van der Waals surface area contributed by atoms with Crippen molar-refractivity contribution in [3.8, 4) is 5.75 Å². The van der Waals surface area contributed by atoms with E-state index in [1.165, 1.54) is 7.11 Å². The van der Waals surface area contributed by atoms with E-state index in [0.29, 0.717) is 37.7 Å². The second-order valence-electron chi connectivity index (χ2n) is 6.57. The lowest BCUT2D eigenvalue weighted by Gasteiger charge is -2.21. The third-order valence-electron chi connectivity index (χ3n) is 3.24. The van der Waals surface area contributed by atoms with Crippen LogP contribution < -0.4 is 10.1 Å². The van der Waals surface area contributed by atoms with Gasteiger partial charge in [0.2, 0.25) is 0 Å². The largest absolute Gasteiger partial charge is 0.491 e. The second-order valence-corrected chi connectivity index (χ2v) is 6.57. The number of hydrogen-bond donors (Lipinski definition) is 1. The lowest BCUT2D eigenvalue weighted by molar-refractivity contribution is -0.140. The molecule has 0 aromatic heterocycles. The van der Waals surface area contributed by atoms with E-state index in [2.05, 4.69) is 10.1 Å². The Balaban J connectivity index is 2.86. The molecular formula is C19H29NO6. The van der Waals surface area contributed by atoms with E-state index >= 15 is 0 Å². The Bertz CT molecular complexity index is 594. The van der Waals surface area contributed by atoms with E-state index in [-0.39, 0.29) is 12.4 Å². The van der Waals surface area contributed by atoms with Gasteiger partial charge in [-0.3, -0.25) is 10.1 Å². The molecule has 7 nitrogen and oxygen atoms in total. The molecule has 26 heavy (non-hydrogen) atoms. The molecule has 0 bridgehead atoms. The van der Waals surface area contributed by atoms with Crippen molar-refractivity contribution in [1.29, 1.82) is 0 Å². The van der Waals surface area contributed by atoms with Crippen LogP contribution in [0.4, 0.5) is 10.5 Å². The molecule has 0 fully saturated rings. The van der Waals surface area contributed by atoms with E-state index in [9.17, 15) is 9.59 Å². The fourth-order valence-electron chi connectivity index (χ4n) is 2.09. The highest BCUT2D eigenvalue weighted by Crippen LogP contribution is 2.25. The molecule has 0 saturated carbocycles. The second kappa shape index (κ2) is 10.7. The highest BCUT2D eigenvalue weighted by molar-refractivity contribution is 5.86. The van der Waals surface area contributed by atoms with Crippen LogP contribution >= 0.6 is 0 Å². The number of carbonyl (C=O) groups is 2. The van der Waals surface area contributed by atoms with E-state index in [0.717, 1.165) is 5.56 Å². The summed E-state index contributed by atoms with van der Waals surface area (Å²) in [4.78, 5) is 23.5. The standard InChI is InChI=1S/C19H29NO6/c1-6-24-11-12-25-15-9-7-14(8-10-17(21)23-5)16(13-15)20-18(22)26-19(2,3)4/h7,9,13H,6,8,10-12H2,1-5H3,(H,20,22). The van der Waals surface area contributed by atoms with Crippen molar-refractivity contribution in [1.82, 2.24) is 0 Å². The maximum absolute atomic E-state index is 12.1. The minimum atomic E-state index is -0.609. The van der Waals surface area contributed by atoms with Gasteiger partial charge in [-0.15, -0.1) is 0 Å². The first-order valence-corrected chi connectivity index (χ1v) is 8.65. The predicted molar refractivity (Wildman–Crippen MR) is 98.6 cm³/mol. The molecule has 0 aliphatic carbocycles. The minimum absolute atomic E-state index is 0.212. The molecule has 0 spiro atoms. The lowest BCUT2D eigenvalue weighted by Crippen LogP contribution is -2.27. The van der Waals surface area contributed by atoms with Gasteiger partial charge in [-0.25, -0.2) is 4.79 Å². The molecule has 1 amide bonds. The maximum Gasteiger partial charge on any atom is 0.412 e. The van der Waals surface area contributed by atoms with E-state index < -0.39 is 11.7 Å². The lowest BCUT2D eigenvalue weighted by atomic mass is 10.1. The van der Waals surface area contributed by atoms with Gasteiger partial charge in [0, 0.05) is 19.1 Å². The number of esters is 1. The molecule has 1 N–H and O–H groups in total. The highest BCUT2D eigenvalue weighted by Gasteiger charge is 2.18. The van der Waals surface area contributed by atoms with Crippen LogP contribution in [0, 0.1) is 0 Å². The molecular weight excluding hydrogens is 338 g/mol. The van der Waals surface area contributed by atoms with E-state index in [1.807, 2.05) is 13.0 Å². The summed E-state index contributed by atoms with van der Waals surface area (Å²) < 4.78 is 20.8. The molecule has 1 rings (SSSR count). The van der Waals surface area contributed by atoms with Crippen molar-refractivity contribution in [2.75, 3.05) is 32.2 Å². The third-order valence-corrected chi connectivity index (χ3v) is 3.24. The number of nitrogens with one attached hydrogen (secondary N) is 1. The number of benzene rings is 1. The smallest absolute Gasteiger partial charge is 0.412 e. The first-order valence-electron chi connectivity index (χ1n) is 8.65. The van der Waals surface area contributed by atoms with Crippen LogP contribution in [0.1, 0.15) is 39.7 Å². The Labute approximate surface area is 155 Å². The van der Waals surface area contributed by atoms with Crippen molar-refractivity contribution in [2.45, 2.75) is 46.1 Å². The summed E-state index contributed by atoms with van der Waals surface area (Å²) in [5.41, 5.74) is 0.720. The van der Waals surface area contributed by atoms with Crippen LogP contribution in [0.5, 0.6) is 5.75 Å². The van der Waals surface area contributed by atoms with Crippen molar-refractivity contribution in [2.24, 2.45) is 0 Å². The van der Waals surface area contributed by atoms with Gasteiger partial charge in [0.15, 0.2) is 0 Å². The van der Waals surface area contributed by atoms with Gasteiger partial charge in [0.1, 0.15) is 18.0 Å². The first kappa shape index (κ1) is 21.8. The Hall–Kier alpha value is -2.28. The Morgan fingerprint density at radius 2 is 1.88 bits per heavy atom. The number of rotatable bonds is 9. The number of carbonyl (C=O) groups excluding carboxylic acids is 2. The SMILES string of the molecule is CCOCCOc1ccc(CCC(=O)OC)c(NC(=O)OC(C)(C)C)c1. The Morgan fingerprint density at radius 1 is 1.15 bits per heavy atom. The molecule has 7 heteroatoms. The summed E-state index contributed by atoms with van der Waals surface area (Å²) in [6.07, 6.45) is 0.0735. The topological polar surface area (TPSA) is 83.1 Å². The fraction of sp³-hybridized carbons (Fsp3) is 0.579. The van der Waals surface area contributed by atoms with Gasteiger partial charge >= 0.3 is 12.1 Å². The van der Waals surface area contributed by atoms with Gasteiger partial charge in [0.05, 0.1) is 19.4 Å². The quantitative estimate of drug-likeness (QED) is 0.531. The summed E-state index contributed by atoms with van der Waals surface area (Å²) in [5, 5.41) is 2.73. The molecule has 1 aromatic rings. The monoisotopic (exact) mass is 367 g/mol. The van der Waals surface area contributed by atoms with Crippen molar-refractivity contribution in [3.05, 3.63) is 23.8 Å². The number of aryl methyl sites for hydroxylation is 1. The van der Waals surface area contributed by atoms with E-state index in [1.54, 1.807) is 32.9 Å². The number of methoxy groups -OCH3 is 1. The zero-order valence-corrected chi connectivity index (χ0v) is 16.2. The molecule has 0 saturated heterocycles. The fourth-order valence-corrected chi connectivity index (χ4v) is 2.09. The summed E-state index contributed by atoms with van der Waals surface area (Å²) in [5.74, 6) is 0.280. The minimum Gasteiger partial charge on any atom is -0.491 e. The number of anilines is 1. The molecule has 1 aromatic carbocycles. The summed E-state index contributed by atoms with van der Waals surface area (Å²) in [7, 11) is 1.34. The van der Waals surface area contributed by atoms with Gasteiger partial charge in [0.25, 0.3) is 0 Å². The molecule has 0 aliphatic rings. The van der Waals surface area contributed by atoms with Gasteiger partial charge in [-0.1, -0.05) is 6.07 Å². The van der Waals surface area contributed by atoms with Crippen LogP contribution in [0.2, 0.25) is 0 Å². The molecule has 0 unspecified atom stereocenters. The molecule has 0 heterocycles. The summed E-state index contributed by atoms with van der Waals surface area (Å²) in [6, 6.07) is 5.31. The Kier molecular flexibility index (Phi) is 8.92. The van der Waals surface area contributed by atoms with E-state index in [4.69, 9.17) is 14.2 Å². The zero-order valence-electron chi connectivity index (χ0n) is 16.2. The molecule has 0 aliphatic heterocycles. The van der Waals surface area contributed by atoms with Crippen LogP contribution in [-0.2, 0) is 25.4 Å². The average molecular weight is 367 g/mol. The first-order chi connectivity index (χ1) is 12.2. The van der Waals surface area contributed by atoms with Crippen LogP contribution in [-0.4, -0.2) is 44.6 Å². The summed E-state index contributed by atoms with van der Waals surface area (Å²) in [6.45, 7) is 8.80. The van der Waals surface area contributed by atoms with Crippen molar-refractivity contribution in [3.63, 3.8) is 0 Å².